The van der Waals surface area contributed by atoms with Crippen molar-refractivity contribution in [3.63, 3.8) is 0 Å². The van der Waals surface area contributed by atoms with E-state index in [9.17, 15) is 14.4 Å². The normalized spacial score (nSPS) is 13.7. The van der Waals surface area contributed by atoms with Gasteiger partial charge in [0.15, 0.2) is 0 Å². The summed E-state index contributed by atoms with van der Waals surface area (Å²) in [7, 11) is 1.72. The summed E-state index contributed by atoms with van der Waals surface area (Å²) in [5.41, 5.74) is 3.12. The molecule has 1 aliphatic heterocycles. The van der Waals surface area contributed by atoms with Crippen LogP contribution < -0.4 is 15.5 Å². The fourth-order valence-electron chi connectivity index (χ4n) is 4.24. The molecule has 3 aromatic rings. The summed E-state index contributed by atoms with van der Waals surface area (Å²) in [6.45, 7) is 3.81. The summed E-state index contributed by atoms with van der Waals surface area (Å²) in [5.74, 6) is 0.263. The van der Waals surface area contributed by atoms with Crippen molar-refractivity contribution in [1.82, 2.24) is 4.90 Å². The van der Waals surface area contributed by atoms with Crippen LogP contribution in [0, 0.1) is 5.92 Å². The zero-order chi connectivity index (χ0) is 25.5. The molecule has 0 atom stereocenters. The highest BCUT2D eigenvalue weighted by atomic mass is 16.2. The second-order valence-corrected chi connectivity index (χ2v) is 9.24. The van der Waals surface area contributed by atoms with Crippen LogP contribution in [0.15, 0.2) is 78.9 Å². The maximum absolute atomic E-state index is 12.9. The smallest absolute Gasteiger partial charge is 0.258 e. The number of amides is 3. The molecule has 0 spiro atoms. The second-order valence-electron chi connectivity index (χ2n) is 9.24. The molecule has 36 heavy (non-hydrogen) atoms. The van der Waals surface area contributed by atoms with Crippen molar-refractivity contribution in [2.75, 3.05) is 42.2 Å². The van der Waals surface area contributed by atoms with E-state index < -0.39 is 0 Å². The van der Waals surface area contributed by atoms with E-state index in [0.29, 0.717) is 28.4 Å². The van der Waals surface area contributed by atoms with E-state index in [2.05, 4.69) is 17.6 Å². The average molecular weight is 485 g/mol. The van der Waals surface area contributed by atoms with E-state index in [0.717, 1.165) is 31.6 Å². The highest BCUT2D eigenvalue weighted by Crippen LogP contribution is 2.20. The van der Waals surface area contributed by atoms with Gasteiger partial charge in [-0.05, 0) is 67.3 Å². The van der Waals surface area contributed by atoms with Crippen molar-refractivity contribution in [3.8, 4) is 0 Å². The Kier molecular flexibility index (Phi) is 8.00. The standard InChI is InChI=1S/C29H32N4O3/c1-21-14-16-33(17-15-21)29(36)23-9-6-10-24(18-23)30-20-27(34)31-25-11-7-8-22(19-25)28(35)32(2)26-12-4-3-5-13-26/h3-13,18-19,21,30H,14-17,20H2,1-2H3,(H,31,34). The minimum atomic E-state index is -0.252. The molecule has 186 valence electrons. The maximum atomic E-state index is 12.9. The molecule has 0 saturated carbocycles. The lowest BCUT2D eigenvalue weighted by Crippen LogP contribution is -2.37. The van der Waals surface area contributed by atoms with Crippen molar-refractivity contribution in [3.05, 3.63) is 90.0 Å². The van der Waals surface area contributed by atoms with Gasteiger partial charge in [0.2, 0.25) is 5.91 Å². The Morgan fingerprint density at radius 2 is 1.50 bits per heavy atom. The fourth-order valence-corrected chi connectivity index (χ4v) is 4.24. The Balaban J connectivity index is 1.33. The fraction of sp³-hybridized carbons (Fsp3) is 0.276. The summed E-state index contributed by atoms with van der Waals surface area (Å²) < 4.78 is 0. The first-order chi connectivity index (χ1) is 17.4. The van der Waals surface area contributed by atoms with Crippen LogP contribution in [0.1, 0.15) is 40.5 Å². The van der Waals surface area contributed by atoms with Crippen molar-refractivity contribution in [2.45, 2.75) is 19.8 Å². The molecule has 2 N–H and O–H groups in total. The number of carbonyl (C=O) groups excluding carboxylic acids is 3. The predicted molar refractivity (Wildman–Crippen MR) is 143 cm³/mol. The predicted octanol–water partition coefficient (Wildman–Crippen LogP) is 4.89. The number of nitrogens with one attached hydrogen (secondary N) is 2. The molecule has 0 aromatic heterocycles. The summed E-state index contributed by atoms with van der Waals surface area (Å²) >= 11 is 0. The number of carbonyl (C=O) groups is 3. The first kappa shape index (κ1) is 25.0. The Morgan fingerprint density at radius 3 is 2.22 bits per heavy atom. The minimum Gasteiger partial charge on any atom is -0.376 e. The Labute approximate surface area is 212 Å². The molecule has 7 heteroatoms. The van der Waals surface area contributed by atoms with E-state index in [1.54, 1.807) is 48.3 Å². The number of nitrogens with zero attached hydrogens (tertiary/aromatic N) is 2. The molecule has 7 nitrogen and oxygen atoms in total. The molecule has 1 heterocycles. The van der Waals surface area contributed by atoms with Crippen LogP contribution >= 0.6 is 0 Å². The first-order valence-electron chi connectivity index (χ1n) is 12.3. The number of hydrogen-bond acceptors (Lipinski definition) is 4. The molecule has 0 unspecified atom stereocenters. The molecule has 1 fully saturated rings. The summed E-state index contributed by atoms with van der Waals surface area (Å²) in [6.07, 6.45) is 2.05. The lowest BCUT2D eigenvalue weighted by atomic mass is 9.98. The van der Waals surface area contributed by atoms with Gasteiger partial charge in [-0.2, -0.15) is 0 Å². The van der Waals surface area contributed by atoms with Gasteiger partial charge in [-0.25, -0.2) is 0 Å². The number of para-hydroxylation sites is 1. The highest BCUT2D eigenvalue weighted by Gasteiger charge is 2.21. The lowest BCUT2D eigenvalue weighted by molar-refractivity contribution is -0.114. The molecule has 1 saturated heterocycles. The van der Waals surface area contributed by atoms with Gasteiger partial charge < -0.3 is 20.4 Å². The van der Waals surface area contributed by atoms with Crippen LogP contribution in [0.4, 0.5) is 17.1 Å². The number of anilines is 3. The topological polar surface area (TPSA) is 81.8 Å². The quantitative estimate of drug-likeness (QED) is 0.501. The van der Waals surface area contributed by atoms with Gasteiger partial charge in [0.05, 0.1) is 6.54 Å². The second kappa shape index (κ2) is 11.5. The van der Waals surface area contributed by atoms with Gasteiger partial charge in [-0.3, -0.25) is 14.4 Å². The third-order valence-corrected chi connectivity index (χ3v) is 6.47. The molecule has 3 amide bonds. The van der Waals surface area contributed by atoms with Crippen LogP contribution in [0.2, 0.25) is 0 Å². The lowest BCUT2D eigenvalue weighted by Gasteiger charge is -2.30. The van der Waals surface area contributed by atoms with Crippen molar-refractivity contribution in [1.29, 1.82) is 0 Å². The largest absolute Gasteiger partial charge is 0.376 e. The summed E-state index contributed by atoms with van der Waals surface area (Å²) in [4.78, 5) is 41.8. The van der Waals surface area contributed by atoms with Gasteiger partial charge in [0.1, 0.15) is 0 Å². The number of benzene rings is 3. The van der Waals surface area contributed by atoms with Crippen LogP contribution in [0.3, 0.4) is 0 Å². The Bertz CT molecular complexity index is 1220. The van der Waals surface area contributed by atoms with Gasteiger partial charge >= 0.3 is 0 Å². The first-order valence-corrected chi connectivity index (χ1v) is 12.3. The molecule has 0 bridgehead atoms. The van der Waals surface area contributed by atoms with Gasteiger partial charge in [0.25, 0.3) is 11.8 Å². The molecule has 0 radical (unpaired) electrons. The molecular weight excluding hydrogens is 452 g/mol. The van der Waals surface area contributed by atoms with E-state index >= 15 is 0 Å². The maximum Gasteiger partial charge on any atom is 0.258 e. The van der Waals surface area contributed by atoms with Crippen molar-refractivity contribution >= 4 is 34.8 Å². The third kappa shape index (κ3) is 6.30. The molecule has 4 rings (SSSR count). The van der Waals surface area contributed by atoms with E-state index in [4.69, 9.17) is 0 Å². The van der Waals surface area contributed by atoms with Crippen LogP contribution in [0.25, 0.3) is 0 Å². The van der Waals surface area contributed by atoms with Crippen LogP contribution in [0.5, 0.6) is 0 Å². The third-order valence-electron chi connectivity index (χ3n) is 6.47. The summed E-state index contributed by atoms with van der Waals surface area (Å²) in [5, 5.41) is 5.92. The zero-order valence-corrected chi connectivity index (χ0v) is 20.7. The van der Waals surface area contributed by atoms with Crippen LogP contribution in [-0.2, 0) is 4.79 Å². The highest BCUT2D eigenvalue weighted by molar-refractivity contribution is 6.06. The van der Waals surface area contributed by atoms with E-state index in [1.165, 1.54) is 0 Å². The number of likely N-dealkylation sites (tertiary alicyclic amines) is 1. The molecule has 1 aliphatic rings. The summed E-state index contributed by atoms with van der Waals surface area (Å²) in [6, 6.07) is 23.5. The number of hydrogen-bond donors (Lipinski definition) is 2. The van der Waals surface area contributed by atoms with E-state index in [1.807, 2.05) is 47.4 Å². The van der Waals surface area contributed by atoms with Gasteiger partial charge in [-0.15, -0.1) is 0 Å². The SMILES string of the molecule is CC1CCN(C(=O)c2cccc(NCC(=O)Nc3cccc(C(=O)N(C)c4ccccc4)c3)c2)CC1. The van der Waals surface area contributed by atoms with Gasteiger partial charge in [0, 0.05) is 48.3 Å². The zero-order valence-electron chi connectivity index (χ0n) is 20.7. The van der Waals surface area contributed by atoms with Crippen molar-refractivity contribution in [2.24, 2.45) is 5.92 Å². The monoisotopic (exact) mass is 484 g/mol. The Morgan fingerprint density at radius 1 is 0.861 bits per heavy atom. The molecule has 3 aromatic carbocycles. The minimum absolute atomic E-state index is 0.0250. The van der Waals surface area contributed by atoms with Crippen LogP contribution in [-0.4, -0.2) is 49.3 Å². The number of rotatable bonds is 7. The molecule has 0 aliphatic carbocycles. The van der Waals surface area contributed by atoms with Gasteiger partial charge in [-0.1, -0.05) is 37.3 Å². The van der Waals surface area contributed by atoms with Crippen molar-refractivity contribution < 1.29 is 14.4 Å². The average Bonchev–Trinajstić information content (AvgIpc) is 2.92. The Hall–Kier alpha value is -4.13. The van der Waals surface area contributed by atoms with E-state index in [-0.39, 0.29) is 24.3 Å². The molecular formula is C29H32N4O3. The number of piperidine rings is 1.